The molecule has 0 amide bonds. The van der Waals surface area contributed by atoms with Crippen LogP contribution in [-0.2, 0) is 22.7 Å². The molecule has 0 spiro atoms. The molecule has 0 aliphatic rings. The van der Waals surface area contributed by atoms with Crippen LogP contribution in [0.25, 0.3) is 0 Å². The number of ether oxygens (including phenoxy) is 1. The Labute approximate surface area is 207 Å². The number of rotatable bonds is 10. The molecule has 1 atom stereocenters. The summed E-state index contributed by atoms with van der Waals surface area (Å²) >= 11 is 3.44. The Morgan fingerprint density at radius 2 is 1.85 bits per heavy atom. The van der Waals surface area contributed by atoms with Crippen molar-refractivity contribution in [3.63, 3.8) is 0 Å². The van der Waals surface area contributed by atoms with Gasteiger partial charge in [-0.1, -0.05) is 24.3 Å². The second-order valence-electron chi connectivity index (χ2n) is 7.38. The number of aliphatic hydroxyl groups is 1. The van der Waals surface area contributed by atoms with E-state index in [1.807, 2.05) is 31.2 Å². The molecule has 9 nitrogen and oxygen atoms in total. The predicted octanol–water partition coefficient (Wildman–Crippen LogP) is 3.80. The average molecular weight is 530 g/mol. The number of hydrogen-bond acceptors (Lipinski definition) is 9. The Balaban J connectivity index is 0.00000129. The first kappa shape index (κ1) is 26.9. The summed E-state index contributed by atoms with van der Waals surface area (Å²) in [5.41, 5.74) is 4.42. The van der Waals surface area contributed by atoms with E-state index < -0.39 is 0 Å². The van der Waals surface area contributed by atoms with Crippen LogP contribution < -0.4 is 20.7 Å². The van der Waals surface area contributed by atoms with Crippen molar-refractivity contribution in [2.75, 3.05) is 24.4 Å². The molecule has 0 saturated heterocycles. The SMILES string of the molecule is COc1ccccc1CNCc1cc(Nc2ncc(Br)c(NC(C)CO)n2)ccc1C.O=C=O. The summed E-state index contributed by atoms with van der Waals surface area (Å²) in [6.45, 7) is 5.43. The molecule has 1 aromatic heterocycles. The Morgan fingerprint density at radius 3 is 2.56 bits per heavy atom. The van der Waals surface area contributed by atoms with Gasteiger partial charge in [-0.2, -0.15) is 14.6 Å². The molecule has 0 fully saturated rings. The smallest absolute Gasteiger partial charge is 0.373 e. The zero-order valence-electron chi connectivity index (χ0n) is 19.3. The van der Waals surface area contributed by atoms with E-state index in [-0.39, 0.29) is 18.8 Å². The molecule has 10 heteroatoms. The summed E-state index contributed by atoms with van der Waals surface area (Å²) in [6, 6.07) is 14.1. The molecule has 3 aromatic rings. The molecule has 0 aliphatic carbocycles. The number of anilines is 3. The topological polar surface area (TPSA) is 125 Å². The summed E-state index contributed by atoms with van der Waals surface area (Å²) < 4.78 is 6.16. The van der Waals surface area contributed by atoms with Crippen LogP contribution in [0.5, 0.6) is 5.75 Å². The number of benzene rings is 2. The maximum absolute atomic E-state index is 9.27. The first-order valence-corrected chi connectivity index (χ1v) is 11.3. The van der Waals surface area contributed by atoms with Crippen molar-refractivity contribution >= 4 is 39.5 Å². The number of methoxy groups -OCH3 is 1. The maximum Gasteiger partial charge on any atom is 0.373 e. The molecule has 0 bridgehead atoms. The van der Waals surface area contributed by atoms with Gasteiger partial charge >= 0.3 is 6.15 Å². The number of nitrogens with one attached hydrogen (secondary N) is 3. The first-order valence-electron chi connectivity index (χ1n) is 10.5. The molecule has 0 radical (unpaired) electrons. The van der Waals surface area contributed by atoms with E-state index in [0.717, 1.165) is 34.6 Å². The van der Waals surface area contributed by atoms with Crippen LogP contribution in [0.3, 0.4) is 0 Å². The molecule has 0 saturated carbocycles. The molecular weight excluding hydrogens is 502 g/mol. The van der Waals surface area contributed by atoms with E-state index in [9.17, 15) is 5.11 Å². The van der Waals surface area contributed by atoms with Gasteiger partial charge in [-0.25, -0.2) is 4.98 Å². The highest BCUT2D eigenvalue weighted by atomic mass is 79.9. The van der Waals surface area contributed by atoms with Gasteiger partial charge in [0.05, 0.1) is 18.2 Å². The third kappa shape index (κ3) is 8.24. The van der Waals surface area contributed by atoms with Crippen LogP contribution in [-0.4, -0.2) is 41.0 Å². The van der Waals surface area contributed by atoms with E-state index >= 15 is 0 Å². The standard InChI is InChI=1S/C23H28BrN5O2.CO2/c1-15-8-9-19(28-23-26-13-20(24)22(29-23)27-16(2)14-30)10-18(15)12-25-11-17-6-4-5-7-21(17)31-3;2-1-3/h4-10,13,16,25,30H,11-12,14H2,1-3H3,(H2,26,27,28,29);. The van der Waals surface area contributed by atoms with Crippen molar-refractivity contribution in [1.82, 2.24) is 15.3 Å². The minimum Gasteiger partial charge on any atom is -0.496 e. The summed E-state index contributed by atoms with van der Waals surface area (Å²) in [7, 11) is 1.69. The molecule has 4 N–H and O–H groups in total. The first-order chi connectivity index (χ1) is 16.4. The van der Waals surface area contributed by atoms with Crippen molar-refractivity contribution in [2.24, 2.45) is 0 Å². The highest BCUT2D eigenvalue weighted by Crippen LogP contribution is 2.24. The summed E-state index contributed by atoms with van der Waals surface area (Å²) in [5, 5.41) is 19.2. The van der Waals surface area contributed by atoms with Gasteiger partial charge < -0.3 is 25.8 Å². The Kier molecular flexibility index (Phi) is 11.2. The Hall–Kier alpha value is -3.30. The zero-order chi connectivity index (χ0) is 24.9. The molecule has 34 heavy (non-hydrogen) atoms. The maximum atomic E-state index is 9.27. The fourth-order valence-electron chi connectivity index (χ4n) is 3.06. The van der Waals surface area contributed by atoms with Crippen molar-refractivity contribution < 1.29 is 19.4 Å². The van der Waals surface area contributed by atoms with E-state index in [4.69, 9.17) is 14.3 Å². The molecular formula is C24H28BrN5O4. The average Bonchev–Trinajstić information content (AvgIpc) is 2.84. The summed E-state index contributed by atoms with van der Waals surface area (Å²) in [6.07, 6.45) is 1.94. The molecule has 180 valence electrons. The highest BCUT2D eigenvalue weighted by molar-refractivity contribution is 9.10. The van der Waals surface area contributed by atoms with Crippen LogP contribution in [0.15, 0.2) is 53.1 Å². The van der Waals surface area contributed by atoms with Gasteiger partial charge in [0.25, 0.3) is 0 Å². The van der Waals surface area contributed by atoms with E-state index in [0.29, 0.717) is 11.8 Å². The second kappa shape index (κ2) is 14.1. The predicted molar refractivity (Wildman–Crippen MR) is 133 cm³/mol. The lowest BCUT2D eigenvalue weighted by molar-refractivity contribution is -0.191. The number of para-hydroxylation sites is 1. The minimum absolute atomic E-state index is 0.0163. The van der Waals surface area contributed by atoms with Gasteiger partial charge in [0.15, 0.2) is 0 Å². The lowest BCUT2D eigenvalue weighted by Gasteiger charge is -2.15. The number of carbonyl (C=O) groups excluding carboxylic acids is 2. The lowest BCUT2D eigenvalue weighted by atomic mass is 10.1. The van der Waals surface area contributed by atoms with Crippen LogP contribution in [0.1, 0.15) is 23.6 Å². The highest BCUT2D eigenvalue weighted by Gasteiger charge is 2.09. The van der Waals surface area contributed by atoms with Crippen molar-refractivity contribution in [3.8, 4) is 5.75 Å². The van der Waals surface area contributed by atoms with Crippen LogP contribution in [0.4, 0.5) is 17.5 Å². The van der Waals surface area contributed by atoms with Crippen LogP contribution in [0.2, 0.25) is 0 Å². The van der Waals surface area contributed by atoms with Crippen LogP contribution >= 0.6 is 15.9 Å². The van der Waals surface area contributed by atoms with E-state index in [2.05, 4.69) is 67.0 Å². The lowest BCUT2D eigenvalue weighted by Crippen LogP contribution is -2.20. The summed E-state index contributed by atoms with van der Waals surface area (Å²) in [5.74, 6) is 1.99. The molecule has 0 aliphatic heterocycles. The number of hydrogen-bond donors (Lipinski definition) is 4. The normalized spacial score (nSPS) is 11.0. The van der Waals surface area contributed by atoms with Gasteiger partial charge in [-0.15, -0.1) is 0 Å². The quantitative estimate of drug-likeness (QED) is 0.310. The van der Waals surface area contributed by atoms with Crippen molar-refractivity contribution in [2.45, 2.75) is 33.0 Å². The monoisotopic (exact) mass is 529 g/mol. The number of aryl methyl sites for hydroxylation is 1. The molecule has 1 heterocycles. The van der Waals surface area contributed by atoms with Crippen molar-refractivity contribution in [3.05, 3.63) is 69.8 Å². The van der Waals surface area contributed by atoms with Crippen LogP contribution in [0, 0.1) is 6.92 Å². The van der Waals surface area contributed by atoms with Gasteiger partial charge in [0, 0.05) is 36.6 Å². The van der Waals surface area contributed by atoms with E-state index in [1.54, 1.807) is 13.3 Å². The fourth-order valence-corrected chi connectivity index (χ4v) is 3.36. The largest absolute Gasteiger partial charge is 0.496 e. The molecule has 3 rings (SSSR count). The fraction of sp³-hybridized carbons (Fsp3) is 0.292. The summed E-state index contributed by atoms with van der Waals surface area (Å²) in [4.78, 5) is 25.1. The van der Waals surface area contributed by atoms with Gasteiger partial charge in [0.2, 0.25) is 5.95 Å². The minimum atomic E-state index is -0.112. The molecule has 2 aromatic carbocycles. The Morgan fingerprint density at radius 1 is 1.15 bits per heavy atom. The number of nitrogens with zero attached hydrogens (tertiary/aromatic N) is 2. The third-order valence-corrected chi connectivity index (χ3v) is 5.41. The van der Waals surface area contributed by atoms with Gasteiger partial charge in [0.1, 0.15) is 11.6 Å². The van der Waals surface area contributed by atoms with Gasteiger partial charge in [-0.3, -0.25) is 0 Å². The third-order valence-electron chi connectivity index (χ3n) is 4.83. The number of halogens is 1. The number of aromatic nitrogens is 2. The zero-order valence-corrected chi connectivity index (χ0v) is 20.8. The van der Waals surface area contributed by atoms with Gasteiger partial charge in [-0.05, 0) is 59.1 Å². The number of aliphatic hydroxyl groups excluding tert-OH is 1. The Bertz CT molecular complexity index is 1110. The van der Waals surface area contributed by atoms with E-state index in [1.165, 1.54) is 11.1 Å². The molecule has 1 unspecified atom stereocenters. The second-order valence-corrected chi connectivity index (χ2v) is 8.24. The van der Waals surface area contributed by atoms with Crippen molar-refractivity contribution in [1.29, 1.82) is 0 Å².